The Hall–Kier alpha value is -2.80. The summed E-state index contributed by atoms with van der Waals surface area (Å²) < 4.78 is 7.32. The van der Waals surface area contributed by atoms with E-state index in [0.29, 0.717) is 5.75 Å². The zero-order valence-electron chi connectivity index (χ0n) is 19.6. The maximum absolute atomic E-state index is 12.5. The average Bonchev–Trinajstić information content (AvgIpc) is 3.13. The minimum atomic E-state index is -0.0292. The van der Waals surface area contributed by atoms with E-state index in [-0.39, 0.29) is 5.91 Å². The number of para-hydroxylation sites is 1. The number of hydrogen-bond acceptors (Lipinski definition) is 5. The quantitative estimate of drug-likeness (QED) is 0.443. The second-order valence-electron chi connectivity index (χ2n) is 7.91. The van der Waals surface area contributed by atoms with Gasteiger partial charge in [0.1, 0.15) is 11.6 Å². The van der Waals surface area contributed by atoms with Gasteiger partial charge >= 0.3 is 0 Å². The summed E-state index contributed by atoms with van der Waals surface area (Å²) in [6, 6.07) is 12.4. The minimum absolute atomic E-state index is 0.0292. The van der Waals surface area contributed by atoms with Crippen LogP contribution in [0.3, 0.4) is 0 Å². The highest BCUT2D eigenvalue weighted by Crippen LogP contribution is 2.23. The molecule has 0 saturated heterocycles. The van der Waals surface area contributed by atoms with E-state index in [1.165, 1.54) is 17.3 Å². The maximum Gasteiger partial charge on any atom is 0.234 e. The van der Waals surface area contributed by atoms with Crippen molar-refractivity contribution in [2.24, 2.45) is 7.05 Å². The largest absolute Gasteiger partial charge is 0.496 e. The normalized spacial score (nSPS) is 10.9. The Morgan fingerprint density at radius 2 is 1.94 bits per heavy atom. The molecule has 1 aromatic heterocycles. The molecule has 0 bridgehead atoms. The zero-order chi connectivity index (χ0) is 23.1. The number of anilines is 1. The monoisotopic (exact) mass is 452 g/mol. The van der Waals surface area contributed by atoms with E-state index >= 15 is 0 Å². The molecule has 0 fully saturated rings. The molecule has 32 heavy (non-hydrogen) atoms. The Morgan fingerprint density at radius 3 is 2.66 bits per heavy atom. The Balaban J connectivity index is 1.51. The summed E-state index contributed by atoms with van der Waals surface area (Å²) in [4.78, 5) is 12.5. The second kappa shape index (κ2) is 11.2. The van der Waals surface area contributed by atoms with E-state index in [1.807, 2.05) is 36.7 Å². The number of benzene rings is 2. The van der Waals surface area contributed by atoms with Crippen molar-refractivity contribution in [3.05, 3.63) is 64.5 Å². The van der Waals surface area contributed by atoms with Gasteiger partial charge in [0.15, 0.2) is 5.16 Å². The second-order valence-corrected chi connectivity index (χ2v) is 8.86. The van der Waals surface area contributed by atoms with Crippen molar-refractivity contribution in [3.8, 4) is 5.75 Å². The Kier molecular flexibility index (Phi) is 8.33. The number of nitrogens with one attached hydrogen (secondary N) is 1. The van der Waals surface area contributed by atoms with Crippen molar-refractivity contribution in [1.82, 2.24) is 14.8 Å². The van der Waals surface area contributed by atoms with Gasteiger partial charge < -0.3 is 14.6 Å². The SMILES string of the molecule is CCc1cccc(C)c1NC(=O)CSc1nnc(CCCc2ccc(OC)c(C)c2)n1C. The molecule has 0 aliphatic carbocycles. The first-order valence-electron chi connectivity index (χ1n) is 11.0. The number of methoxy groups -OCH3 is 1. The zero-order valence-corrected chi connectivity index (χ0v) is 20.4. The smallest absolute Gasteiger partial charge is 0.234 e. The first kappa shape index (κ1) is 23.9. The van der Waals surface area contributed by atoms with Crippen molar-refractivity contribution < 1.29 is 9.53 Å². The highest BCUT2D eigenvalue weighted by atomic mass is 32.2. The summed E-state index contributed by atoms with van der Waals surface area (Å²) in [7, 11) is 3.66. The summed E-state index contributed by atoms with van der Waals surface area (Å²) in [6.45, 7) is 6.17. The first-order valence-corrected chi connectivity index (χ1v) is 11.9. The number of amides is 1. The molecule has 1 N–H and O–H groups in total. The van der Waals surface area contributed by atoms with Crippen LogP contribution in [0.5, 0.6) is 5.75 Å². The number of thioether (sulfide) groups is 1. The van der Waals surface area contributed by atoms with Crippen LogP contribution in [-0.4, -0.2) is 33.5 Å². The van der Waals surface area contributed by atoms with Gasteiger partial charge in [-0.25, -0.2) is 0 Å². The van der Waals surface area contributed by atoms with Crippen molar-refractivity contribution >= 4 is 23.4 Å². The molecule has 3 rings (SSSR count). The van der Waals surface area contributed by atoms with Gasteiger partial charge in [-0.05, 0) is 61.4 Å². The molecule has 2 aromatic carbocycles. The van der Waals surface area contributed by atoms with Gasteiger partial charge in [-0.15, -0.1) is 10.2 Å². The van der Waals surface area contributed by atoms with Crippen molar-refractivity contribution in [2.75, 3.05) is 18.2 Å². The van der Waals surface area contributed by atoms with Gasteiger partial charge in [-0.1, -0.05) is 49.0 Å². The molecular formula is C25H32N4O2S. The van der Waals surface area contributed by atoms with Gasteiger partial charge in [-0.3, -0.25) is 4.79 Å². The van der Waals surface area contributed by atoms with E-state index in [1.54, 1.807) is 7.11 Å². The molecule has 0 atom stereocenters. The van der Waals surface area contributed by atoms with E-state index in [2.05, 4.69) is 47.6 Å². The van der Waals surface area contributed by atoms with Crippen LogP contribution in [0.25, 0.3) is 0 Å². The molecule has 7 heteroatoms. The van der Waals surface area contributed by atoms with Gasteiger partial charge in [-0.2, -0.15) is 0 Å². The molecule has 0 spiro atoms. The average molecular weight is 453 g/mol. The number of carbonyl (C=O) groups excluding carboxylic acids is 1. The third-order valence-corrected chi connectivity index (χ3v) is 6.61. The maximum atomic E-state index is 12.5. The molecule has 6 nitrogen and oxygen atoms in total. The van der Waals surface area contributed by atoms with Crippen LogP contribution in [-0.2, 0) is 31.1 Å². The molecule has 3 aromatic rings. The van der Waals surface area contributed by atoms with E-state index in [9.17, 15) is 4.79 Å². The van der Waals surface area contributed by atoms with Crippen LogP contribution in [0.1, 0.15) is 41.4 Å². The summed E-state index contributed by atoms with van der Waals surface area (Å²) in [5.74, 6) is 2.12. The molecule has 170 valence electrons. The molecular weight excluding hydrogens is 420 g/mol. The number of nitrogens with zero attached hydrogens (tertiary/aromatic N) is 3. The third kappa shape index (κ3) is 5.91. The topological polar surface area (TPSA) is 69.0 Å². The van der Waals surface area contributed by atoms with Crippen LogP contribution >= 0.6 is 11.8 Å². The molecule has 0 radical (unpaired) electrons. The third-order valence-electron chi connectivity index (χ3n) is 5.59. The highest BCUT2D eigenvalue weighted by molar-refractivity contribution is 7.99. The van der Waals surface area contributed by atoms with Gasteiger partial charge in [0.2, 0.25) is 5.91 Å². The lowest BCUT2D eigenvalue weighted by atomic mass is 10.0. The lowest BCUT2D eigenvalue weighted by molar-refractivity contribution is -0.113. The molecule has 1 amide bonds. The Bertz CT molecular complexity index is 1080. The number of ether oxygens (including phenoxy) is 1. The number of carbonyl (C=O) groups is 1. The molecule has 1 heterocycles. The fraction of sp³-hybridized carbons (Fsp3) is 0.400. The minimum Gasteiger partial charge on any atom is -0.496 e. The fourth-order valence-electron chi connectivity index (χ4n) is 3.74. The van der Waals surface area contributed by atoms with Crippen LogP contribution in [0.4, 0.5) is 5.69 Å². The van der Waals surface area contributed by atoms with Gasteiger partial charge in [0.05, 0.1) is 12.9 Å². The summed E-state index contributed by atoms with van der Waals surface area (Å²) in [5.41, 5.74) is 5.59. The summed E-state index contributed by atoms with van der Waals surface area (Å²) in [6.07, 6.45) is 3.67. The fourth-order valence-corrected chi connectivity index (χ4v) is 4.47. The van der Waals surface area contributed by atoms with Crippen LogP contribution < -0.4 is 10.1 Å². The Morgan fingerprint density at radius 1 is 1.12 bits per heavy atom. The predicted octanol–water partition coefficient (Wildman–Crippen LogP) is 4.91. The molecule has 0 aliphatic heterocycles. The molecule has 0 unspecified atom stereocenters. The van der Waals surface area contributed by atoms with E-state index in [4.69, 9.17) is 4.74 Å². The number of hydrogen-bond donors (Lipinski definition) is 1. The standard InChI is InChI=1S/C25H32N4O2S/c1-6-20-11-7-9-17(2)24(20)26-23(30)16-32-25-28-27-22(29(25)4)12-8-10-19-13-14-21(31-5)18(3)15-19/h7,9,11,13-15H,6,8,10,12,16H2,1-5H3,(H,26,30). The van der Waals surface area contributed by atoms with Crippen molar-refractivity contribution in [2.45, 2.75) is 51.6 Å². The molecule has 0 saturated carbocycles. The van der Waals surface area contributed by atoms with E-state index < -0.39 is 0 Å². The molecule has 0 aliphatic rings. The van der Waals surface area contributed by atoms with Crippen LogP contribution in [0.15, 0.2) is 41.6 Å². The number of rotatable bonds is 10. The predicted molar refractivity (Wildman–Crippen MR) is 131 cm³/mol. The lowest BCUT2D eigenvalue weighted by Gasteiger charge is -2.12. The van der Waals surface area contributed by atoms with Crippen molar-refractivity contribution in [3.63, 3.8) is 0 Å². The number of aryl methyl sites for hydroxylation is 5. The first-order chi connectivity index (χ1) is 15.4. The highest BCUT2D eigenvalue weighted by Gasteiger charge is 2.13. The number of aromatic nitrogens is 3. The van der Waals surface area contributed by atoms with Crippen molar-refractivity contribution in [1.29, 1.82) is 0 Å². The summed E-state index contributed by atoms with van der Waals surface area (Å²) in [5, 5.41) is 12.4. The van der Waals surface area contributed by atoms with E-state index in [0.717, 1.165) is 64.8 Å². The summed E-state index contributed by atoms with van der Waals surface area (Å²) >= 11 is 1.41. The Labute approximate surface area is 194 Å². The van der Waals surface area contributed by atoms with Gasteiger partial charge in [0, 0.05) is 19.2 Å². The lowest BCUT2D eigenvalue weighted by Crippen LogP contribution is -2.16. The van der Waals surface area contributed by atoms with Gasteiger partial charge in [0.25, 0.3) is 0 Å². The van der Waals surface area contributed by atoms with Crippen LogP contribution in [0.2, 0.25) is 0 Å². The van der Waals surface area contributed by atoms with Crippen LogP contribution in [0, 0.1) is 13.8 Å².